The Morgan fingerprint density at radius 3 is 2.74 bits per heavy atom. The minimum absolute atomic E-state index is 0.205. The van der Waals surface area contributed by atoms with Crippen LogP contribution in [0.1, 0.15) is 10.5 Å². The highest BCUT2D eigenvalue weighted by atomic mass is 35.5. The Balaban J connectivity index is 1.67. The van der Waals surface area contributed by atoms with E-state index in [4.69, 9.17) is 11.6 Å². The molecule has 2 aromatic carbocycles. The van der Waals surface area contributed by atoms with Crippen LogP contribution in [-0.4, -0.2) is 20.7 Å². The van der Waals surface area contributed by atoms with E-state index in [1.165, 1.54) is 22.1 Å². The van der Waals surface area contributed by atoms with Crippen LogP contribution in [0, 0.1) is 0 Å². The van der Waals surface area contributed by atoms with Crippen LogP contribution in [0.15, 0.2) is 58.7 Å². The van der Waals surface area contributed by atoms with Gasteiger partial charge in [-0.2, -0.15) is 5.10 Å². The molecule has 27 heavy (non-hydrogen) atoms. The molecule has 0 saturated heterocycles. The summed E-state index contributed by atoms with van der Waals surface area (Å²) in [5.41, 5.74) is 1.62. The van der Waals surface area contributed by atoms with Crippen molar-refractivity contribution in [1.29, 1.82) is 0 Å². The number of benzene rings is 2. The summed E-state index contributed by atoms with van der Waals surface area (Å²) < 4.78 is 1.49. The third-order valence-electron chi connectivity index (χ3n) is 4.03. The van der Waals surface area contributed by atoms with Crippen molar-refractivity contribution in [2.75, 3.05) is 5.32 Å². The third kappa shape index (κ3) is 3.34. The molecule has 6 nitrogen and oxygen atoms in total. The molecule has 1 amide bonds. The number of nitrogens with zero attached hydrogens (tertiary/aromatic N) is 3. The predicted octanol–water partition coefficient (Wildman–Crippen LogP) is 3.96. The maximum absolute atomic E-state index is 12.7. The number of aromatic nitrogens is 3. The summed E-state index contributed by atoms with van der Waals surface area (Å²) in [5.74, 6) is -0.605. The standard InChI is InChI=1S/C19H13ClN4O2S/c1-24-15-8-7-12(20)9-13(15)17(25)16(23-24)18(26)22-19-21-14(10-27-19)11-5-3-2-4-6-11/h2-10H,1H3,(H,21,22,26). The highest BCUT2D eigenvalue weighted by molar-refractivity contribution is 7.14. The van der Waals surface area contributed by atoms with E-state index < -0.39 is 11.3 Å². The van der Waals surface area contributed by atoms with E-state index in [1.54, 1.807) is 19.2 Å². The van der Waals surface area contributed by atoms with Gasteiger partial charge in [-0.25, -0.2) is 4.98 Å². The largest absolute Gasteiger partial charge is 0.296 e. The molecule has 1 N–H and O–H groups in total. The second kappa shape index (κ2) is 6.94. The van der Waals surface area contributed by atoms with Crippen molar-refractivity contribution in [3.8, 4) is 11.3 Å². The van der Waals surface area contributed by atoms with Gasteiger partial charge in [0.05, 0.1) is 16.6 Å². The van der Waals surface area contributed by atoms with Crippen molar-refractivity contribution in [3.63, 3.8) is 0 Å². The molecule has 4 aromatic rings. The van der Waals surface area contributed by atoms with Gasteiger partial charge in [0.2, 0.25) is 5.43 Å². The first-order valence-corrected chi connectivity index (χ1v) is 9.27. The van der Waals surface area contributed by atoms with Gasteiger partial charge >= 0.3 is 0 Å². The fourth-order valence-electron chi connectivity index (χ4n) is 2.73. The van der Waals surface area contributed by atoms with Crippen molar-refractivity contribution in [2.24, 2.45) is 7.05 Å². The maximum Gasteiger partial charge on any atom is 0.281 e. The SMILES string of the molecule is Cn1nc(C(=O)Nc2nc(-c3ccccc3)cs2)c(=O)c2cc(Cl)ccc21. The molecule has 0 bridgehead atoms. The minimum atomic E-state index is -0.605. The Bertz CT molecular complexity index is 1220. The van der Waals surface area contributed by atoms with Gasteiger partial charge in [-0.15, -0.1) is 11.3 Å². The van der Waals surface area contributed by atoms with Crippen LogP contribution >= 0.6 is 22.9 Å². The molecule has 0 aliphatic carbocycles. The minimum Gasteiger partial charge on any atom is -0.296 e. The summed E-state index contributed by atoms with van der Waals surface area (Å²) in [6.07, 6.45) is 0. The molecule has 8 heteroatoms. The Morgan fingerprint density at radius 1 is 1.19 bits per heavy atom. The van der Waals surface area contributed by atoms with Crippen LogP contribution in [-0.2, 0) is 7.05 Å². The van der Waals surface area contributed by atoms with Crippen molar-refractivity contribution >= 4 is 44.9 Å². The Hall–Kier alpha value is -3.03. The van der Waals surface area contributed by atoms with Crippen LogP contribution in [0.2, 0.25) is 5.02 Å². The smallest absolute Gasteiger partial charge is 0.281 e. The number of amides is 1. The van der Waals surface area contributed by atoms with E-state index in [1.807, 2.05) is 35.7 Å². The molecule has 0 fully saturated rings. The van der Waals surface area contributed by atoms with Gasteiger partial charge in [0.25, 0.3) is 5.91 Å². The Labute approximate surface area is 163 Å². The third-order valence-corrected chi connectivity index (χ3v) is 5.02. The number of halogens is 1. The molecule has 0 spiro atoms. The Morgan fingerprint density at radius 2 is 1.96 bits per heavy atom. The highest BCUT2D eigenvalue weighted by Gasteiger charge is 2.18. The van der Waals surface area contributed by atoms with Crippen molar-refractivity contribution in [3.05, 3.63) is 74.9 Å². The number of carbonyl (C=O) groups is 1. The summed E-state index contributed by atoms with van der Waals surface area (Å²) in [6, 6.07) is 14.5. The quantitative estimate of drug-likeness (QED) is 0.568. The van der Waals surface area contributed by atoms with Gasteiger partial charge in [-0.05, 0) is 18.2 Å². The second-order valence-electron chi connectivity index (χ2n) is 5.82. The van der Waals surface area contributed by atoms with E-state index in [2.05, 4.69) is 15.4 Å². The monoisotopic (exact) mass is 396 g/mol. The molecular weight excluding hydrogens is 384 g/mol. The number of nitrogens with one attached hydrogen (secondary N) is 1. The molecule has 0 atom stereocenters. The zero-order valence-corrected chi connectivity index (χ0v) is 15.7. The molecule has 134 valence electrons. The van der Waals surface area contributed by atoms with Gasteiger partial charge in [0, 0.05) is 23.0 Å². The van der Waals surface area contributed by atoms with E-state index in [0.717, 1.165) is 11.3 Å². The van der Waals surface area contributed by atoms with Crippen LogP contribution in [0.3, 0.4) is 0 Å². The average molecular weight is 397 g/mol. The summed E-state index contributed by atoms with van der Waals surface area (Å²) in [6.45, 7) is 0. The van der Waals surface area contributed by atoms with Crippen molar-refractivity contribution in [2.45, 2.75) is 0 Å². The zero-order valence-electron chi connectivity index (χ0n) is 14.1. The average Bonchev–Trinajstić information content (AvgIpc) is 3.13. The molecule has 4 rings (SSSR count). The van der Waals surface area contributed by atoms with Crippen LogP contribution in [0.5, 0.6) is 0 Å². The number of carbonyl (C=O) groups excluding carboxylic acids is 1. The first-order valence-electron chi connectivity index (χ1n) is 8.02. The summed E-state index contributed by atoms with van der Waals surface area (Å²) >= 11 is 7.27. The molecule has 2 heterocycles. The molecule has 0 radical (unpaired) electrons. The van der Waals surface area contributed by atoms with Gasteiger partial charge in [0.15, 0.2) is 10.8 Å². The summed E-state index contributed by atoms with van der Waals surface area (Å²) in [7, 11) is 1.67. The molecular formula is C19H13ClN4O2S. The van der Waals surface area contributed by atoms with E-state index in [9.17, 15) is 9.59 Å². The maximum atomic E-state index is 12.7. The number of hydrogen-bond acceptors (Lipinski definition) is 5. The van der Waals surface area contributed by atoms with Crippen molar-refractivity contribution in [1.82, 2.24) is 14.8 Å². The molecule has 0 saturated carbocycles. The molecule has 0 aliphatic heterocycles. The van der Waals surface area contributed by atoms with E-state index >= 15 is 0 Å². The van der Waals surface area contributed by atoms with Crippen LogP contribution < -0.4 is 10.7 Å². The number of thiazole rings is 1. The topological polar surface area (TPSA) is 76.9 Å². The normalized spacial score (nSPS) is 10.9. The van der Waals surface area contributed by atoms with E-state index in [0.29, 0.717) is 21.1 Å². The van der Waals surface area contributed by atoms with Crippen LogP contribution in [0.4, 0.5) is 5.13 Å². The molecule has 0 aliphatic rings. The van der Waals surface area contributed by atoms with Crippen molar-refractivity contribution < 1.29 is 4.79 Å². The lowest BCUT2D eigenvalue weighted by Crippen LogP contribution is -2.26. The predicted molar refractivity (Wildman–Crippen MR) is 107 cm³/mol. The lowest BCUT2D eigenvalue weighted by molar-refractivity contribution is 0.101. The fraction of sp³-hybridized carbons (Fsp3) is 0.0526. The molecule has 0 unspecified atom stereocenters. The number of anilines is 1. The lowest BCUT2D eigenvalue weighted by Gasteiger charge is -2.07. The van der Waals surface area contributed by atoms with Crippen LogP contribution in [0.25, 0.3) is 22.2 Å². The first kappa shape index (κ1) is 17.4. The zero-order chi connectivity index (χ0) is 19.0. The molecule has 2 aromatic heterocycles. The van der Waals surface area contributed by atoms with Gasteiger partial charge in [-0.1, -0.05) is 41.9 Å². The van der Waals surface area contributed by atoms with Gasteiger partial charge in [0.1, 0.15) is 0 Å². The number of aryl methyl sites for hydroxylation is 1. The summed E-state index contributed by atoms with van der Waals surface area (Å²) in [5, 5.41) is 9.78. The fourth-order valence-corrected chi connectivity index (χ4v) is 3.61. The second-order valence-corrected chi connectivity index (χ2v) is 7.12. The first-order chi connectivity index (χ1) is 13.0. The van der Waals surface area contributed by atoms with Gasteiger partial charge < -0.3 is 0 Å². The highest BCUT2D eigenvalue weighted by Crippen LogP contribution is 2.24. The number of hydrogen-bond donors (Lipinski definition) is 1. The van der Waals surface area contributed by atoms with E-state index in [-0.39, 0.29) is 5.69 Å². The number of rotatable bonds is 3. The van der Waals surface area contributed by atoms with Gasteiger partial charge in [-0.3, -0.25) is 19.6 Å². The lowest BCUT2D eigenvalue weighted by atomic mass is 10.2. The number of fused-ring (bicyclic) bond motifs is 1. The summed E-state index contributed by atoms with van der Waals surface area (Å²) in [4.78, 5) is 29.7. The Kier molecular flexibility index (Phi) is 4.47.